The second-order valence-electron chi connectivity index (χ2n) is 7.91. The first-order valence-corrected chi connectivity index (χ1v) is 11.9. The van der Waals surface area contributed by atoms with Crippen molar-refractivity contribution in [1.82, 2.24) is 10.3 Å². The highest BCUT2D eigenvalue weighted by Gasteiger charge is 2.21. The van der Waals surface area contributed by atoms with E-state index in [1.54, 1.807) is 25.3 Å². The number of rotatable bonds is 9. The number of para-hydroxylation sites is 1. The van der Waals surface area contributed by atoms with Crippen molar-refractivity contribution in [1.29, 1.82) is 0 Å². The summed E-state index contributed by atoms with van der Waals surface area (Å²) >= 11 is 1.15. The third-order valence-corrected chi connectivity index (χ3v) is 5.62. The van der Waals surface area contributed by atoms with Gasteiger partial charge in [0.05, 0.1) is 29.9 Å². The van der Waals surface area contributed by atoms with E-state index < -0.39 is 29.6 Å². The van der Waals surface area contributed by atoms with Crippen molar-refractivity contribution in [3.05, 3.63) is 83.1 Å². The minimum Gasteiger partial charge on any atom is -0.463 e. The molecule has 1 unspecified atom stereocenters. The summed E-state index contributed by atoms with van der Waals surface area (Å²) in [6.45, 7) is 4.85. The van der Waals surface area contributed by atoms with E-state index in [4.69, 9.17) is 4.74 Å². The number of aromatic nitrogens is 1. The van der Waals surface area contributed by atoms with Crippen molar-refractivity contribution >= 4 is 46.0 Å². The third-order valence-electron chi connectivity index (χ3n) is 4.77. The van der Waals surface area contributed by atoms with Crippen LogP contribution in [0.4, 0.5) is 15.2 Å². The van der Waals surface area contributed by atoms with Gasteiger partial charge in [-0.15, -0.1) is 11.3 Å². The number of anilines is 2. The maximum Gasteiger partial charge on any atom is 0.308 e. The maximum absolute atomic E-state index is 14.3. The van der Waals surface area contributed by atoms with Gasteiger partial charge in [0.25, 0.3) is 0 Å². The van der Waals surface area contributed by atoms with E-state index in [-0.39, 0.29) is 23.3 Å². The molecule has 0 bridgehead atoms. The number of ether oxygens (including phenoxy) is 1. The van der Waals surface area contributed by atoms with Crippen LogP contribution in [0.5, 0.6) is 0 Å². The summed E-state index contributed by atoms with van der Waals surface area (Å²) in [5.74, 6) is -1.78. The normalized spacial score (nSPS) is 11.9. The molecular weight excluding hydrogens is 469 g/mol. The molecule has 0 radical (unpaired) electrons. The standard InChI is InChI=1S/C26H26FN3O4S/c1-17(2)34-25(33)15-22(19-9-5-4-6-10-19)29-24(32)14-13-20-16-35-26(28-20)30(18(3)31)23-12-8-7-11-21(23)27/h4-14,16-17,22H,15H2,1-3H3,(H,29,32)/b14-13+. The lowest BCUT2D eigenvalue weighted by molar-refractivity contribution is -0.148. The summed E-state index contributed by atoms with van der Waals surface area (Å²) in [6, 6.07) is 14.5. The van der Waals surface area contributed by atoms with Gasteiger partial charge in [0.15, 0.2) is 5.13 Å². The quantitative estimate of drug-likeness (QED) is 0.326. The molecule has 3 aromatic rings. The Bertz CT molecular complexity index is 1210. The Morgan fingerprint density at radius 3 is 2.46 bits per heavy atom. The zero-order chi connectivity index (χ0) is 25.4. The second-order valence-corrected chi connectivity index (χ2v) is 8.75. The Morgan fingerprint density at radius 2 is 1.80 bits per heavy atom. The molecule has 0 saturated heterocycles. The molecule has 2 amide bonds. The number of nitrogens with one attached hydrogen (secondary N) is 1. The molecule has 0 aliphatic carbocycles. The second kappa shape index (κ2) is 12.0. The number of benzene rings is 2. The van der Waals surface area contributed by atoms with Crippen molar-refractivity contribution in [2.45, 2.75) is 39.3 Å². The van der Waals surface area contributed by atoms with Gasteiger partial charge >= 0.3 is 5.97 Å². The molecule has 35 heavy (non-hydrogen) atoms. The number of carbonyl (C=O) groups excluding carboxylic acids is 3. The molecule has 1 atom stereocenters. The van der Waals surface area contributed by atoms with Gasteiger partial charge in [0.2, 0.25) is 11.8 Å². The highest BCUT2D eigenvalue weighted by molar-refractivity contribution is 7.14. The number of hydrogen-bond acceptors (Lipinski definition) is 6. The third kappa shape index (κ3) is 7.31. The summed E-state index contributed by atoms with van der Waals surface area (Å²) < 4.78 is 19.5. The Hall–Kier alpha value is -3.85. The summed E-state index contributed by atoms with van der Waals surface area (Å²) in [7, 11) is 0. The largest absolute Gasteiger partial charge is 0.463 e. The lowest BCUT2D eigenvalue weighted by Gasteiger charge is -2.18. The number of nitrogens with zero attached hydrogens (tertiary/aromatic N) is 2. The average molecular weight is 496 g/mol. The van der Waals surface area contributed by atoms with Crippen molar-refractivity contribution in [3.8, 4) is 0 Å². The lowest BCUT2D eigenvalue weighted by Crippen LogP contribution is -2.29. The molecule has 0 fully saturated rings. The SMILES string of the molecule is CC(=O)N(c1nc(/C=C/C(=O)NC(CC(=O)OC(C)C)c2ccccc2)cs1)c1ccccc1F. The zero-order valence-electron chi connectivity index (χ0n) is 19.6. The van der Waals surface area contributed by atoms with Crippen LogP contribution in [0, 0.1) is 5.82 Å². The molecule has 1 heterocycles. The van der Waals surface area contributed by atoms with Crippen LogP contribution in [0.1, 0.15) is 44.5 Å². The summed E-state index contributed by atoms with van der Waals surface area (Å²) in [5, 5.41) is 4.76. The topological polar surface area (TPSA) is 88.6 Å². The van der Waals surface area contributed by atoms with Gasteiger partial charge in [-0.1, -0.05) is 42.5 Å². The van der Waals surface area contributed by atoms with Crippen molar-refractivity contribution < 1.29 is 23.5 Å². The van der Waals surface area contributed by atoms with Crippen molar-refractivity contribution in [3.63, 3.8) is 0 Å². The van der Waals surface area contributed by atoms with Gasteiger partial charge in [-0.25, -0.2) is 9.37 Å². The van der Waals surface area contributed by atoms with Gasteiger partial charge in [0.1, 0.15) is 5.82 Å². The first kappa shape index (κ1) is 25.8. The van der Waals surface area contributed by atoms with E-state index in [0.717, 1.165) is 16.9 Å². The maximum atomic E-state index is 14.3. The minimum atomic E-state index is -0.570. The van der Waals surface area contributed by atoms with E-state index in [2.05, 4.69) is 10.3 Å². The van der Waals surface area contributed by atoms with Crippen LogP contribution in [0.15, 0.2) is 66.1 Å². The fraction of sp³-hybridized carbons (Fsp3) is 0.231. The van der Waals surface area contributed by atoms with Crippen LogP contribution in [-0.4, -0.2) is 28.9 Å². The van der Waals surface area contributed by atoms with Crippen molar-refractivity contribution in [2.24, 2.45) is 0 Å². The molecule has 1 N–H and O–H groups in total. The van der Waals surface area contributed by atoms with Crippen LogP contribution < -0.4 is 10.2 Å². The predicted molar refractivity (Wildman–Crippen MR) is 134 cm³/mol. The van der Waals surface area contributed by atoms with E-state index in [1.807, 2.05) is 30.3 Å². The van der Waals surface area contributed by atoms with Gasteiger partial charge in [-0.3, -0.25) is 19.3 Å². The molecule has 7 nitrogen and oxygen atoms in total. The molecule has 0 aliphatic heterocycles. The molecule has 182 valence electrons. The monoisotopic (exact) mass is 495 g/mol. The summed E-state index contributed by atoms with van der Waals surface area (Å²) in [4.78, 5) is 42.6. The summed E-state index contributed by atoms with van der Waals surface area (Å²) in [6.07, 6.45) is 2.51. The molecule has 0 spiro atoms. The van der Waals surface area contributed by atoms with E-state index >= 15 is 0 Å². The fourth-order valence-electron chi connectivity index (χ4n) is 3.29. The number of carbonyl (C=O) groups is 3. The molecular formula is C26H26FN3O4S. The first-order chi connectivity index (χ1) is 16.7. The van der Waals surface area contributed by atoms with Gasteiger partial charge < -0.3 is 10.1 Å². The number of amides is 2. The number of thiazole rings is 1. The van der Waals surface area contributed by atoms with Gasteiger partial charge in [-0.2, -0.15) is 0 Å². The smallest absolute Gasteiger partial charge is 0.308 e. The minimum absolute atomic E-state index is 0.0150. The number of hydrogen-bond donors (Lipinski definition) is 1. The van der Waals surface area contributed by atoms with Crippen LogP contribution in [-0.2, 0) is 19.1 Å². The number of esters is 1. The van der Waals surface area contributed by atoms with Gasteiger partial charge in [0, 0.05) is 18.4 Å². The first-order valence-electron chi connectivity index (χ1n) is 11.0. The Labute approximate surface area is 207 Å². The van der Waals surface area contributed by atoms with Crippen LogP contribution >= 0.6 is 11.3 Å². The molecule has 0 saturated carbocycles. The van der Waals surface area contributed by atoms with Crippen LogP contribution in [0.25, 0.3) is 6.08 Å². The Kier molecular flexibility index (Phi) is 8.86. The molecule has 9 heteroatoms. The lowest BCUT2D eigenvalue weighted by atomic mass is 10.0. The van der Waals surface area contributed by atoms with Crippen LogP contribution in [0.3, 0.4) is 0 Å². The molecule has 1 aromatic heterocycles. The molecule has 2 aromatic carbocycles. The van der Waals surface area contributed by atoms with Gasteiger partial charge in [-0.05, 0) is 37.6 Å². The fourth-order valence-corrected chi connectivity index (χ4v) is 4.14. The molecule has 3 rings (SSSR count). The molecule has 0 aliphatic rings. The predicted octanol–water partition coefficient (Wildman–Crippen LogP) is 5.18. The average Bonchev–Trinajstić information content (AvgIpc) is 3.27. The zero-order valence-corrected chi connectivity index (χ0v) is 20.4. The Morgan fingerprint density at radius 1 is 1.11 bits per heavy atom. The highest BCUT2D eigenvalue weighted by Crippen LogP contribution is 2.31. The Balaban J connectivity index is 1.73. The number of halogens is 1. The van der Waals surface area contributed by atoms with E-state index in [9.17, 15) is 18.8 Å². The van der Waals surface area contributed by atoms with E-state index in [1.165, 1.54) is 42.2 Å². The van der Waals surface area contributed by atoms with Crippen molar-refractivity contribution in [2.75, 3.05) is 4.90 Å². The summed E-state index contributed by atoms with van der Waals surface area (Å²) in [5.41, 5.74) is 1.30. The van der Waals surface area contributed by atoms with E-state index in [0.29, 0.717) is 5.69 Å². The van der Waals surface area contributed by atoms with Crippen LogP contribution in [0.2, 0.25) is 0 Å². The highest BCUT2D eigenvalue weighted by atomic mass is 32.1.